The van der Waals surface area contributed by atoms with Crippen LogP contribution in [0.5, 0.6) is 0 Å². The van der Waals surface area contributed by atoms with E-state index in [1.165, 1.54) is 7.11 Å². The van der Waals surface area contributed by atoms with Crippen LogP contribution in [-0.2, 0) is 23.9 Å². The van der Waals surface area contributed by atoms with Gasteiger partial charge in [-0.15, -0.1) is 0 Å². The molecule has 2 saturated carbocycles. The number of methoxy groups -OCH3 is 1. The number of rotatable bonds is 5. The lowest BCUT2D eigenvalue weighted by molar-refractivity contribution is -0.146. The molecule has 8 atom stereocenters. The first-order valence-electron chi connectivity index (χ1n) is 13.9. The molecule has 0 aliphatic heterocycles. The zero-order chi connectivity index (χ0) is 28.6. The second-order valence-corrected chi connectivity index (χ2v) is 13.7. The third kappa shape index (κ3) is 3.82. The van der Waals surface area contributed by atoms with E-state index in [-0.39, 0.29) is 42.0 Å². The van der Waals surface area contributed by atoms with E-state index in [0.717, 1.165) is 5.57 Å². The predicted octanol–water partition coefficient (Wildman–Crippen LogP) is 4.14. The Morgan fingerprint density at radius 3 is 2.34 bits per heavy atom. The van der Waals surface area contributed by atoms with E-state index >= 15 is 0 Å². The average molecular weight is 529 g/mol. The Kier molecular flexibility index (Phi) is 7.01. The van der Waals surface area contributed by atoms with Crippen molar-refractivity contribution >= 4 is 23.3 Å². The van der Waals surface area contributed by atoms with Crippen molar-refractivity contribution in [2.24, 2.45) is 39.4 Å². The molecule has 0 radical (unpaired) electrons. The number of carbonyl (C=O) groups is 4. The molecule has 4 aliphatic rings. The molecule has 7 heteroatoms. The monoisotopic (exact) mass is 528 g/mol. The van der Waals surface area contributed by atoms with Gasteiger partial charge in [0.2, 0.25) is 0 Å². The zero-order valence-electron chi connectivity index (χ0n) is 24.1. The minimum absolute atomic E-state index is 0.0195. The van der Waals surface area contributed by atoms with Crippen molar-refractivity contribution in [1.82, 2.24) is 0 Å². The van der Waals surface area contributed by atoms with Gasteiger partial charge < -0.3 is 14.9 Å². The van der Waals surface area contributed by atoms with Crippen molar-refractivity contribution in [3.63, 3.8) is 0 Å². The number of Topliss-reactive ketones (excluding diaryl/α,β-unsaturated/α-hetero) is 2. The van der Waals surface area contributed by atoms with Crippen molar-refractivity contribution in [3.05, 3.63) is 22.8 Å². The lowest BCUT2D eigenvalue weighted by Crippen LogP contribution is -2.60. The van der Waals surface area contributed by atoms with Crippen LogP contribution < -0.4 is 0 Å². The fourth-order valence-electron chi connectivity index (χ4n) is 8.97. The summed E-state index contributed by atoms with van der Waals surface area (Å²) in [5, 5.41) is 23.3. The molecule has 2 unspecified atom stereocenters. The summed E-state index contributed by atoms with van der Waals surface area (Å²) in [5.74, 6) is -1.46. The SMILES string of the molecule is COC(=O)C(C)CC(=O)/C=C(/C)[C@H]1C[C@H](O)[C@@]2(C)C3=C(C(=O)C[C@]12C)[C@@]1(C)CCC(=O)C(C)(C)C1C[C@@H]3O. The number of allylic oxidation sites excluding steroid dienone is 3. The normalized spacial score (nSPS) is 41.3. The lowest BCUT2D eigenvalue weighted by Gasteiger charge is -2.61. The van der Waals surface area contributed by atoms with Crippen molar-refractivity contribution in [1.29, 1.82) is 0 Å². The number of ether oxygens (including phenoxy) is 1. The van der Waals surface area contributed by atoms with Gasteiger partial charge in [-0.3, -0.25) is 19.2 Å². The predicted molar refractivity (Wildman–Crippen MR) is 142 cm³/mol. The lowest BCUT2D eigenvalue weighted by atomic mass is 9.42. The van der Waals surface area contributed by atoms with Gasteiger partial charge in [-0.25, -0.2) is 0 Å². The Bertz CT molecular complexity index is 1140. The molecule has 0 spiro atoms. The number of hydrogen-bond donors (Lipinski definition) is 2. The number of ketones is 3. The van der Waals surface area contributed by atoms with Crippen LogP contribution in [0.1, 0.15) is 87.0 Å². The minimum atomic E-state index is -0.929. The quantitative estimate of drug-likeness (QED) is 0.407. The summed E-state index contributed by atoms with van der Waals surface area (Å²) in [4.78, 5) is 51.5. The largest absolute Gasteiger partial charge is 0.469 e. The molecule has 4 aliphatic carbocycles. The van der Waals surface area contributed by atoms with Crippen LogP contribution in [0.3, 0.4) is 0 Å². The molecule has 0 bridgehead atoms. The topological polar surface area (TPSA) is 118 Å². The first-order valence-corrected chi connectivity index (χ1v) is 13.9. The summed E-state index contributed by atoms with van der Waals surface area (Å²) in [7, 11) is 1.30. The first kappa shape index (κ1) is 28.9. The number of hydrogen-bond acceptors (Lipinski definition) is 7. The van der Waals surface area contributed by atoms with Gasteiger partial charge >= 0.3 is 5.97 Å². The Hall–Kier alpha value is -2.12. The van der Waals surface area contributed by atoms with Crippen LogP contribution in [0.25, 0.3) is 0 Å². The molecule has 210 valence electrons. The number of aliphatic hydroxyl groups excluding tert-OH is 2. The third-order valence-corrected chi connectivity index (χ3v) is 11.4. The summed E-state index contributed by atoms with van der Waals surface area (Å²) >= 11 is 0. The summed E-state index contributed by atoms with van der Waals surface area (Å²) < 4.78 is 4.74. The van der Waals surface area contributed by atoms with Crippen LogP contribution >= 0.6 is 0 Å². The minimum Gasteiger partial charge on any atom is -0.469 e. The van der Waals surface area contributed by atoms with E-state index in [0.29, 0.717) is 36.8 Å². The molecule has 2 fully saturated rings. The molecule has 0 aromatic heterocycles. The molecular formula is C31H44O7. The fourth-order valence-corrected chi connectivity index (χ4v) is 8.97. The number of esters is 1. The molecular weight excluding hydrogens is 484 g/mol. The Morgan fingerprint density at radius 1 is 1.11 bits per heavy atom. The summed E-state index contributed by atoms with van der Waals surface area (Å²) in [5.41, 5.74) is -0.714. The van der Waals surface area contributed by atoms with Gasteiger partial charge in [0.25, 0.3) is 0 Å². The maximum Gasteiger partial charge on any atom is 0.308 e. The second kappa shape index (κ2) is 9.22. The molecule has 0 saturated heterocycles. The molecule has 0 aromatic carbocycles. The number of carbonyl (C=O) groups excluding carboxylic acids is 4. The highest BCUT2D eigenvalue weighted by molar-refractivity contribution is 6.01. The zero-order valence-corrected chi connectivity index (χ0v) is 24.1. The highest BCUT2D eigenvalue weighted by Gasteiger charge is 2.69. The fraction of sp³-hybridized carbons (Fsp3) is 0.742. The van der Waals surface area contributed by atoms with Crippen molar-refractivity contribution in [3.8, 4) is 0 Å². The molecule has 38 heavy (non-hydrogen) atoms. The molecule has 0 aromatic rings. The molecule has 0 amide bonds. The van der Waals surface area contributed by atoms with Gasteiger partial charge in [0, 0.05) is 41.1 Å². The van der Waals surface area contributed by atoms with Crippen LogP contribution in [0.4, 0.5) is 0 Å². The number of fused-ring (bicyclic) bond motifs is 4. The van der Waals surface area contributed by atoms with Gasteiger partial charge in [-0.2, -0.15) is 0 Å². The van der Waals surface area contributed by atoms with Crippen LogP contribution in [0, 0.1) is 39.4 Å². The van der Waals surface area contributed by atoms with Crippen LogP contribution in [0.15, 0.2) is 22.8 Å². The standard InChI is InChI=1S/C31H44O7/c1-16(11-18(32)12-17(2)27(37)38-8)19-13-24(36)31(7)26-20(33)14-22-28(3,4)23(35)9-10-29(22,5)25(26)21(34)15-30(19,31)6/h11,17,19-20,22,24,33,36H,9-10,12-15H2,1-8H3/b16-11-/t17?,19-,20+,22?,24+,29+,30-,31+/m1/s1. The van der Waals surface area contributed by atoms with Gasteiger partial charge in [-0.05, 0) is 55.1 Å². The second-order valence-electron chi connectivity index (χ2n) is 13.7. The van der Waals surface area contributed by atoms with Crippen LogP contribution in [0.2, 0.25) is 0 Å². The third-order valence-electron chi connectivity index (χ3n) is 11.4. The van der Waals surface area contributed by atoms with E-state index < -0.39 is 45.8 Å². The van der Waals surface area contributed by atoms with Crippen molar-refractivity contribution < 1.29 is 34.1 Å². The summed E-state index contributed by atoms with van der Waals surface area (Å²) in [6, 6.07) is 0. The Balaban J connectivity index is 1.77. The molecule has 7 nitrogen and oxygen atoms in total. The molecule has 2 N–H and O–H groups in total. The molecule has 0 heterocycles. The molecule has 4 rings (SSSR count). The van der Waals surface area contributed by atoms with Crippen molar-refractivity contribution in [2.75, 3.05) is 7.11 Å². The van der Waals surface area contributed by atoms with E-state index in [4.69, 9.17) is 4.74 Å². The van der Waals surface area contributed by atoms with Gasteiger partial charge in [0.1, 0.15) is 5.78 Å². The van der Waals surface area contributed by atoms with Crippen LogP contribution in [-0.4, -0.2) is 52.8 Å². The highest BCUT2D eigenvalue weighted by Crippen LogP contribution is 2.71. The van der Waals surface area contributed by atoms with E-state index in [1.807, 2.05) is 34.6 Å². The van der Waals surface area contributed by atoms with Gasteiger partial charge in [0.05, 0.1) is 25.2 Å². The van der Waals surface area contributed by atoms with E-state index in [2.05, 4.69) is 6.92 Å². The van der Waals surface area contributed by atoms with E-state index in [1.54, 1.807) is 13.0 Å². The first-order chi connectivity index (χ1) is 17.5. The van der Waals surface area contributed by atoms with E-state index in [9.17, 15) is 29.4 Å². The summed E-state index contributed by atoms with van der Waals surface area (Å²) in [6.45, 7) is 13.4. The Morgan fingerprint density at radius 2 is 1.74 bits per heavy atom. The van der Waals surface area contributed by atoms with Gasteiger partial charge in [0.15, 0.2) is 11.6 Å². The smallest absolute Gasteiger partial charge is 0.308 e. The Labute approximate surface area is 226 Å². The maximum absolute atomic E-state index is 14.1. The van der Waals surface area contributed by atoms with Gasteiger partial charge in [-0.1, -0.05) is 47.1 Å². The van der Waals surface area contributed by atoms with Crippen molar-refractivity contribution in [2.45, 2.75) is 99.2 Å². The average Bonchev–Trinajstić information content (AvgIpc) is 3.03. The maximum atomic E-state index is 14.1. The summed E-state index contributed by atoms with van der Waals surface area (Å²) in [6.07, 6.45) is 1.74. The number of aliphatic hydroxyl groups is 2. The highest BCUT2D eigenvalue weighted by atomic mass is 16.5.